The highest BCUT2D eigenvalue weighted by Crippen LogP contribution is 2.21. The van der Waals surface area contributed by atoms with Crippen LogP contribution < -0.4 is 5.32 Å². The van der Waals surface area contributed by atoms with Gasteiger partial charge in [-0.1, -0.05) is 41.4 Å². The Hall–Kier alpha value is -2.08. The van der Waals surface area contributed by atoms with Crippen LogP contribution in [0, 0.1) is 13.8 Å². The predicted molar refractivity (Wildman–Crippen MR) is 113 cm³/mol. The molecule has 28 heavy (non-hydrogen) atoms. The summed E-state index contributed by atoms with van der Waals surface area (Å²) in [5.41, 5.74) is 3.45. The smallest absolute Gasteiger partial charge is 0.254 e. The van der Waals surface area contributed by atoms with E-state index in [1.165, 1.54) is 0 Å². The third-order valence-electron chi connectivity index (χ3n) is 4.88. The molecule has 1 heterocycles. The zero-order chi connectivity index (χ0) is 20.3. The van der Waals surface area contributed by atoms with E-state index in [0.29, 0.717) is 48.3 Å². The summed E-state index contributed by atoms with van der Waals surface area (Å²) in [6.07, 6.45) is 0. The van der Waals surface area contributed by atoms with Crippen LogP contribution in [0.4, 0.5) is 5.69 Å². The highest BCUT2D eigenvalue weighted by atomic mass is 35.5. The molecule has 0 aliphatic carbocycles. The minimum Gasteiger partial charge on any atom is -0.336 e. The molecule has 148 valence electrons. The van der Waals surface area contributed by atoms with Crippen molar-refractivity contribution in [2.45, 2.75) is 13.8 Å². The Kier molecular flexibility index (Phi) is 6.60. The van der Waals surface area contributed by atoms with Crippen molar-refractivity contribution in [3.05, 3.63) is 63.1 Å². The van der Waals surface area contributed by atoms with Crippen LogP contribution in [0.3, 0.4) is 0 Å². The van der Waals surface area contributed by atoms with Gasteiger partial charge in [-0.05, 0) is 43.2 Å². The normalized spacial score (nSPS) is 14.8. The molecule has 5 nitrogen and oxygen atoms in total. The van der Waals surface area contributed by atoms with Crippen molar-refractivity contribution in [1.82, 2.24) is 9.80 Å². The molecule has 0 saturated carbocycles. The molecule has 2 aromatic rings. The summed E-state index contributed by atoms with van der Waals surface area (Å²) in [6, 6.07) is 10.8. The third-order valence-corrected chi connectivity index (χ3v) is 5.32. The van der Waals surface area contributed by atoms with Gasteiger partial charge >= 0.3 is 0 Å². The SMILES string of the molecule is Cc1cccc(C)c1NC(=O)CN1CCN(C(=O)c2cc(Cl)cc(Cl)c2)CC1. The minimum atomic E-state index is -0.0935. The van der Waals surface area contributed by atoms with Crippen molar-refractivity contribution in [1.29, 1.82) is 0 Å². The first-order valence-electron chi connectivity index (χ1n) is 9.17. The molecule has 0 aromatic heterocycles. The summed E-state index contributed by atoms with van der Waals surface area (Å²) < 4.78 is 0. The average molecular weight is 420 g/mol. The van der Waals surface area contributed by atoms with Gasteiger partial charge in [0, 0.05) is 47.5 Å². The first-order valence-corrected chi connectivity index (χ1v) is 9.93. The average Bonchev–Trinajstić information content (AvgIpc) is 2.64. The van der Waals surface area contributed by atoms with Crippen LogP contribution in [0.1, 0.15) is 21.5 Å². The molecule has 1 saturated heterocycles. The lowest BCUT2D eigenvalue weighted by molar-refractivity contribution is -0.117. The topological polar surface area (TPSA) is 52.7 Å². The molecule has 0 atom stereocenters. The van der Waals surface area contributed by atoms with Crippen LogP contribution in [-0.4, -0.2) is 54.3 Å². The maximum Gasteiger partial charge on any atom is 0.254 e. The molecule has 3 rings (SSSR count). The van der Waals surface area contributed by atoms with Gasteiger partial charge in [0.25, 0.3) is 5.91 Å². The largest absolute Gasteiger partial charge is 0.336 e. The minimum absolute atomic E-state index is 0.0428. The lowest BCUT2D eigenvalue weighted by atomic mass is 10.1. The molecule has 2 aromatic carbocycles. The van der Waals surface area contributed by atoms with E-state index in [2.05, 4.69) is 10.2 Å². The highest BCUT2D eigenvalue weighted by molar-refractivity contribution is 6.35. The second kappa shape index (κ2) is 8.95. The number of rotatable bonds is 4. The number of amides is 2. The summed E-state index contributed by atoms with van der Waals surface area (Å²) in [4.78, 5) is 28.9. The van der Waals surface area contributed by atoms with Gasteiger partial charge in [-0.3, -0.25) is 14.5 Å². The van der Waals surface area contributed by atoms with Gasteiger partial charge in [-0.25, -0.2) is 0 Å². The number of halogens is 2. The van der Waals surface area contributed by atoms with Gasteiger partial charge in [0.2, 0.25) is 5.91 Å². The number of benzene rings is 2. The number of aryl methyl sites for hydroxylation is 2. The van der Waals surface area contributed by atoms with Crippen LogP contribution in [-0.2, 0) is 4.79 Å². The van der Waals surface area contributed by atoms with Crippen molar-refractivity contribution >= 4 is 40.7 Å². The van der Waals surface area contributed by atoms with E-state index in [-0.39, 0.29) is 11.8 Å². The van der Waals surface area contributed by atoms with E-state index in [1.807, 2.05) is 32.0 Å². The molecule has 0 bridgehead atoms. The monoisotopic (exact) mass is 419 g/mol. The Labute approximate surface area is 175 Å². The second-order valence-electron chi connectivity index (χ2n) is 7.04. The fraction of sp³-hybridized carbons (Fsp3) is 0.333. The number of para-hydroxylation sites is 1. The summed E-state index contributed by atoms with van der Waals surface area (Å²) in [5.74, 6) is -0.136. The summed E-state index contributed by atoms with van der Waals surface area (Å²) >= 11 is 12.0. The standard InChI is InChI=1S/C21H23Cl2N3O2/c1-14-4-3-5-15(2)20(14)24-19(27)13-25-6-8-26(9-7-25)21(28)16-10-17(22)12-18(23)11-16/h3-5,10-12H,6-9,13H2,1-2H3,(H,24,27). The van der Waals surface area contributed by atoms with E-state index in [9.17, 15) is 9.59 Å². The van der Waals surface area contributed by atoms with E-state index in [0.717, 1.165) is 16.8 Å². The molecule has 2 amide bonds. The molecule has 7 heteroatoms. The predicted octanol–water partition coefficient (Wildman–Crippen LogP) is 4.01. The van der Waals surface area contributed by atoms with Crippen molar-refractivity contribution in [2.24, 2.45) is 0 Å². The maximum absolute atomic E-state index is 12.7. The molecule has 0 spiro atoms. The van der Waals surface area contributed by atoms with Gasteiger partial charge in [0.1, 0.15) is 0 Å². The Morgan fingerprint density at radius 3 is 2.11 bits per heavy atom. The quantitative estimate of drug-likeness (QED) is 0.814. The molecule has 1 aliphatic rings. The van der Waals surface area contributed by atoms with Crippen molar-refractivity contribution in [3.63, 3.8) is 0 Å². The zero-order valence-corrected chi connectivity index (χ0v) is 17.5. The molecule has 0 radical (unpaired) electrons. The van der Waals surface area contributed by atoms with Gasteiger partial charge in [-0.2, -0.15) is 0 Å². The number of anilines is 1. The summed E-state index contributed by atoms with van der Waals surface area (Å²) in [6.45, 7) is 6.66. The summed E-state index contributed by atoms with van der Waals surface area (Å²) in [5, 5.41) is 3.89. The van der Waals surface area contributed by atoms with Crippen LogP contribution in [0.2, 0.25) is 10.0 Å². The number of hydrogen-bond donors (Lipinski definition) is 1. The van der Waals surface area contributed by atoms with Crippen molar-refractivity contribution < 1.29 is 9.59 Å². The number of hydrogen-bond acceptors (Lipinski definition) is 3. The fourth-order valence-corrected chi connectivity index (χ4v) is 3.89. The number of nitrogens with one attached hydrogen (secondary N) is 1. The maximum atomic E-state index is 12.7. The van der Waals surface area contributed by atoms with Gasteiger partial charge in [-0.15, -0.1) is 0 Å². The number of carbonyl (C=O) groups excluding carboxylic acids is 2. The molecule has 1 N–H and O–H groups in total. The van der Waals surface area contributed by atoms with E-state index in [1.54, 1.807) is 23.1 Å². The molecule has 1 fully saturated rings. The van der Waals surface area contributed by atoms with E-state index >= 15 is 0 Å². The van der Waals surface area contributed by atoms with Gasteiger partial charge in [0.05, 0.1) is 6.54 Å². The molecule has 0 unspecified atom stereocenters. The lowest BCUT2D eigenvalue weighted by Crippen LogP contribution is -2.50. The van der Waals surface area contributed by atoms with Crippen LogP contribution in [0.15, 0.2) is 36.4 Å². The van der Waals surface area contributed by atoms with Crippen molar-refractivity contribution in [2.75, 3.05) is 38.0 Å². The Morgan fingerprint density at radius 2 is 1.54 bits per heavy atom. The fourth-order valence-electron chi connectivity index (χ4n) is 3.36. The number of piperazine rings is 1. The molecular formula is C21H23Cl2N3O2. The third kappa shape index (κ3) is 5.04. The molecule has 1 aliphatic heterocycles. The van der Waals surface area contributed by atoms with Crippen LogP contribution in [0.5, 0.6) is 0 Å². The highest BCUT2D eigenvalue weighted by Gasteiger charge is 2.24. The second-order valence-corrected chi connectivity index (χ2v) is 7.91. The van der Waals surface area contributed by atoms with Crippen LogP contribution in [0.25, 0.3) is 0 Å². The number of carbonyl (C=O) groups is 2. The Morgan fingerprint density at radius 1 is 0.964 bits per heavy atom. The lowest BCUT2D eigenvalue weighted by Gasteiger charge is -2.34. The summed E-state index contributed by atoms with van der Waals surface area (Å²) in [7, 11) is 0. The van der Waals surface area contributed by atoms with Crippen LogP contribution >= 0.6 is 23.2 Å². The Bertz CT molecular complexity index is 853. The number of nitrogens with zero attached hydrogens (tertiary/aromatic N) is 2. The van der Waals surface area contributed by atoms with Gasteiger partial charge in [0.15, 0.2) is 0 Å². The Balaban J connectivity index is 1.54. The first kappa shape index (κ1) is 20.6. The van der Waals surface area contributed by atoms with E-state index < -0.39 is 0 Å². The zero-order valence-electron chi connectivity index (χ0n) is 16.0. The van der Waals surface area contributed by atoms with Gasteiger partial charge < -0.3 is 10.2 Å². The van der Waals surface area contributed by atoms with Crippen molar-refractivity contribution in [3.8, 4) is 0 Å². The van der Waals surface area contributed by atoms with E-state index in [4.69, 9.17) is 23.2 Å². The first-order chi connectivity index (χ1) is 13.3. The molecular weight excluding hydrogens is 397 g/mol.